The zero-order valence-electron chi connectivity index (χ0n) is 19.9. The van der Waals surface area contributed by atoms with E-state index < -0.39 is 0 Å². The lowest BCUT2D eigenvalue weighted by molar-refractivity contribution is 0.298. The summed E-state index contributed by atoms with van der Waals surface area (Å²) in [5.41, 5.74) is 2.80. The number of aryl methyl sites for hydroxylation is 1. The normalized spacial score (nSPS) is 20.7. The molecule has 1 heterocycles. The summed E-state index contributed by atoms with van der Waals surface area (Å²) < 4.78 is 0. The summed E-state index contributed by atoms with van der Waals surface area (Å²) in [7, 11) is 0. The van der Waals surface area contributed by atoms with Crippen molar-refractivity contribution in [1.29, 1.82) is 0 Å². The van der Waals surface area contributed by atoms with E-state index in [4.69, 9.17) is 4.98 Å². The highest BCUT2D eigenvalue weighted by atomic mass is 14.7. The minimum Gasteiger partial charge on any atom is -0.261 e. The molecule has 1 unspecified atom stereocenters. The summed E-state index contributed by atoms with van der Waals surface area (Å²) in [4.78, 5) is 4.86. The predicted molar refractivity (Wildman–Crippen MR) is 129 cm³/mol. The fraction of sp³-hybridized carbons (Fsp3) is 0.821. The molecule has 2 rings (SSSR count). The minimum atomic E-state index is 0.723. The van der Waals surface area contributed by atoms with Crippen molar-refractivity contribution in [3.05, 3.63) is 29.6 Å². The van der Waals surface area contributed by atoms with Crippen LogP contribution in [-0.4, -0.2) is 4.98 Å². The van der Waals surface area contributed by atoms with Crippen LogP contribution in [0, 0.1) is 11.8 Å². The Hall–Kier alpha value is -0.850. The second-order valence-electron chi connectivity index (χ2n) is 9.98. The van der Waals surface area contributed by atoms with E-state index >= 15 is 0 Å². The summed E-state index contributed by atoms with van der Waals surface area (Å²) in [6.07, 6.45) is 25.8. The number of rotatable bonds is 15. The highest BCUT2D eigenvalue weighted by molar-refractivity contribution is 5.17. The first-order chi connectivity index (χ1) is 14.2. The van der Waals surface area contributed by atoms with E-state index in [2.05, 4.69) is 39.1 Å². The van der Waals surface area contributed by atoms with Gasteiger partial charge < -0.3 is 0 Å². The molecule has 1 nitrogen and oxygen atoms in total. The molecule has 1 aromatic heterocycles. The van der Waals surface area contributed by atoms with E-state index in [0.29, 0.717) is 0 Å². The third-order valence-corrected chi connectivity index (χ3v) is 7.44. The van der Waals surface area contributed by atoms with Crippen molar-refractivity contribution >= 4 is 0 Å². The molecule has 1 aliphatic carbocycles. The van der Waals surface area contributed by atoms with Crippen LogP contribution < -0.4 is 0 Å². The monoisotopic (exact) mass is 399 g/mol. The maximum absolute atomic E-state index is 4.86. The molecule has 0 aromatic carbocycles. The van der Waals surface area contributed by atoms with E-state index in [1.165, 1.54) is 120 Å². The van der Waals surface area contributed by atoms with Crippen LogP contribution in [0.4, 0.5) is 0 Å². The second kappa shape index (κ2) is 15.0. The summed E-state index contributed by atoms with van der Waals surface area (Å²) in [6, 6.07) is 4.69. The molecule has 0 saturated heterocycles. The number of unbranched alkanes of at least 4 members (excludes halogenated alkanes) is 7. The maximum Gasteiger partial charge on any atom is 0.0434 e. The maximum atomic E-state index is 4.86. The summed E-state index contributed by atoms with van der Waals surface area (Å²) in [6.45, 7) is 7.00. The van der Waals surface area contributed by atoms with Gasteiger partial charge in [-0.3, -0.25) is 4.98 Å². The summed E-state index contributed by atoms with van der Waals surface area (Å²) >= 11 is 0. The van der Waals surface area contributed by atoms with Gasteiger partial charge in [0, 0.05) is 17.8 Å². The smallest absolute Gasteiger partial charge is 0.0434 e. The molecule has 1 atom stereocenters. The number of pyridine rings is 1. The lowest BCUT2D eigenvalue weighted by atomic mass is 9.78. The van der Waals surface area contributed by atoms with Crippen molar-refractivity contribution in [2.24, 2.45) is 11.8 Å². The SMILES string of the molecule is CCCCCCCc1ccc(C2CCC(CCCCCCC(C)CC)CC2)nc1. The topological polar surface area (TPSA) is 12.9 Å². The van der Waals surface area contributed by atoms with Gasteiger partial charge in [0.15, 0.2) is 0 Å². The molecule has 0 bridgehead atoms. The van der Waals surface area contributed by atoms with E-state index in [1.54, 1.807) is 0 Å². The van der Waals surface area contributed by atoms with Crippen LogP contribution >= 0.6 is 0 Å². The standard InChI is InChI=1S/C28H49N/c1-4-6-7-8-13-16-26-19-22-28(29-23-26)27-20-17-25(18-21-27)15-12-10-9-11-14-24(3)5-2/h19,22-25,27H,4-18,20-21H2,1-3H3. The van der Waals surface area contributed by atoms with Crippen molar-refractivity contribution in [2.75, 3.05) is 0 Å². The Bertz CT molecular complexity index is 498. The largest absolute Gasteiger partial charge is 0.261 e. The number of nitrogens with zero attached hydrogens (tertiary/aromatic N) is 1. The van der Waals surface area contributed by atoms with Gasteiger partial charge >= 0.3 is 0 Å². The average molecular weight is 400 g/mol. The second-order valence-corrected chi connectivity index (χ2v) is 9.98. The van der Waals surface area contributed by atoms with Gasteiger partial charge in [-0.05, 0) is 62.0 Å². The number of hydrogen-bond donors (Lipinski definition) is 0. The Morgan fingerprint density at radius 2 is 1.59 bits per heavy atom. The van der Waals surface area contributed by atoms with Crippen LogP contribution in [0.5, 0.6) is 0 Å². The highest BCUT2D eigenvalue weighted by Gasteiger charge is 2.22. The Labute approximate surface area is 182 Å². The van der Waals surface area contributed by atoms with Crippen LogP contribution in [0.2, 0.25) is 0 Å². The molecule has 29 heavy (non-hydrogen) atoms. The average Bonchev–Trinajstić information content (AvgIpc) is 2.76. The quantitative estimate of drug-likeness (QED) is 0.268. The van der Waals surface area contributed by atoms with Gasteiger partial charge in [0.05, 0.1) is 0 Å². The Kier molecular flexibility index (Phi) is 12.7. The molecule has 166 valence electrons. The summed E-state index contributed by atoms with van der Waals surface area (Å²) in [5.74, 6) is 2.64. The van der Waals surface area contributed by atoms with Crippen LogP contribution in [0.1, 0.15) is 141 Å². The molecule has 0 N–H and O–H groups in total. The Morgan fingerprint density at radius 3 is 2.28 bits per heavy atom. The third kappa shape index (κ3) is 10.1. The van der Waals surface area contributed by atoms with Crippen LogP contribution in [0.25, 0.3) is 0 Å². The number of aromatic nitrogens is 1. The molecule has 1 aliphatic rings. The lowest BCUT2D eigenvalue weighted by Crippen LogP contribution is -2.14. The van der Waals surface area contributed by atoms with Crippen molar-refractivity contribution < 1.29 is 0 Å². The van der Waals surface area contributed by atoms with Gasteiger partial charge in [0.2, 0.25) is 0 Å². The van der Waals surface area contributed by atoms with Crippen LogP contribution in [0.3, 0.4) is 0 Å². The molecule has 0 amide bonds. The van der Waals surface area contributed by atoms with Crippen molar-refractivity contribution in [1.82, 2.24) is 4.98 Å². The fourth-order valence-electron chi connectivity index (χ4n) is 4.99. The molecule has 0 spiro atoms. The molecular weight excluding hydrogens is 350 g/mol. The number of hydrogen-bond acceptors (Lipinski definition) is 1. The highest BCUT2D eigenvalue weighted by Crippen LogP contribution is 2.37. The third-order valence-electron chi connectivity index (χ3n) is 7.44. The predicted octanol–water partition coefficient (Wildman–Crippen LogP) is 9.25. The van der Waals surface area contributed by atoms with Crippen molar-refractivity contribution in [2.45, 2.75) is 136 Å². The van der Waals surface area contributed by atoms with Gasteiger partial charge in [-0.25, -0.2) is 0 Å². The molecule has 1 aromatic rings. The van der Waals surface area contributed by atoms with Gasteiger partial charge in [0.25, 0.3) is 0 Å². The van der Waals surface area contributed by atoms with Gasteiger partial charge in [-0.1, -0.05) is 97.5 Å². The lowest BCUT2D eigenvalue weighted by Gasteiger charge is -2.28. The van der Waals surface area contributed by atoms with Crippen LogP contribution in [-0.2, 0) is 6.42 Å². The minimum absolute atomic E-state index is 0.723. The zero-order chi connectivity index (χ0) is 20.7. The van der Waals surface area contributed by atoms with E-state index in [1.807, 2.05) is 0 Å². The zero-order valence-corrected chi connectivity index (χ0v) is 19.9. The van der Waals surface area contributed by atoms with Gasteiger partial charge in [-0.2, -0.15) is 0 Å². The first-order valence-electron chi connectivity index (χ1n) is 13.2. The fourth-order valence-corrected chi connectivity index (χ4v) is 4.99. The van der Waals surface area contributed by atoms with Crippen molar-refractivity contribution in [3.8, 4) is 0 Å². The molecule has 1 saturated carbocycles. The summed E-state index contributed by atoms with van der Waals surface area (Å²) in [5, 5.41) is 0. The Morgan fingerprint density at radius 1 is 0.862 bits per heavy atom. The van der Waals surface area contributed by atoms with Gasteiger partial charge in [-0.15, -0.1) is 0 Å². The van der Waals surface area contributed by atoms with E-state index in [9.17, 15) is 0 Å². The molecular formula is C28H49N. The first kappa shape index (κ1) is 24.4. The Balaban J connectivity index is 1.56. The van der Waals surface area contributed by atoms with Crippen molar-refractivity contribution in [3.63, 3.8) is 0 Å². The van der Waals surface area contributed by atoms with Gasteiger partial charge in [0.1, 0.15) is 0 Å². The van der Waals surface area contributed by atoms with Crippen LogP contribution in [0.15, 0.2) is 18.3 Å². The molecule has 1 fully saturated rings. The van der Waals surface area contributed by atoms with E-state index in [-0.39, 0.29) is 0 Å². The van der Waals surface area contributed by atoms with E-state index in [0.717, 1.165) is 17.8 Å². The molecule has 0 aliphatic heterocycles. The first-order valence-corrected chi connectivity index (χ1v) is 13.2. The molecule has 0 radical (unpaired) electrons. The molecule has 1 heteroatoms.